The molecular weight excluding hydrogens is 291 g/mol. The minimum Gasteiger partial charge on any atom is -0.326 e. The molecule has 0 amide bonds. The van der Waals surface area contributed by atoms with Crippen molar-refractivity contribution in [2.24, 2.45) is 0 Å². The van der Waals surface area contributed by atoms with E-state index in [9.17, 15) is 4.39 Å². The number of hydrogen-bond acceptors (Lipinski definition) is 2. The second kappa shape index (κ2) is 5.85. The molecule has 0 bridgehead atoms. The van der Waals surface area contributed by atoms with Gasteiger partial charge in [-0.1, -0.05) is 0 Å². The van der Waals surface area contributed by atoms with Crippen LogP contribution in [-0.4, -0.2) is 25.2 Å². The Kier molecular flexibility index (Phi) is 3.92. The molecule has 0 radical (unpaired) electrons. The summed E-state index contributed by atoms with van der Waals surface area (Å²) in [6.45, 7) is 3.24. The van der Waals surface area contributed by atoms with E-state index in [0.29, 0.717) is 23.4 Å². The van der Waals surface area contributed by atoms with Crippen LogP contribution in [0.3, 0.4) is 0 Å². The molecule has 2 heterocycles. The monoisotopic (exact) mass is 306 g/mol. The van der Waals surface area contributed by atoms with Gasteiger partial charge in [-0.15, -0.1) is 11.6 Å². The molecule has 0 aliphatic rings. The fraction of sp³-hybridized carbons (Fsp3) is 0.333. The predicted molar refractivity (Wildman–Crippen MR) is 81.1 cm³/mol. The zero-order chi connectivity index (χ0) is 14.8. The van der Waals surface area contributed by atoms with Crippen molar-refractivity contribution in [1.29, 1.82) is 0 Å². The number of imidazole rings is 1. The van der Waals surface area contributed by atoms with Crippen LogP contribution >= 0.6 is 11.6 Å². The molecule has 0 aliphatic heterocycles. The minimum atomic E-state index is -0.225. The van der Waals surface area contributed by atoms with Gasteiger partial charge in [0.15, 0.2) is 0 Å². The lowest BCUT2D eigenvalue weighted by atomic mass is 10.2. The zero-order valence-corrected chi connectivity index (χ0v) is 12.5. The zero-order valence-electron chi connectivity index (χ0n) is 11.8. The van der Waals surface area contributed by atoms with Gasteiger partial charge in [0.1, 0.15) is 11.6 Å². The first-order valence-corrected chi connectivity index (χ1v) is 7.41. The van der Waals surface area contributed by atoms with Crippen LogP contribution in [0.15, 0.2) is 30.6 Å². The highest BCUT2D eigenvalue weighted by Gasteiger charge is 2.12. The van der Waals surface area contributed by atoms with Crippen molar-refractivity contribution in [3.05, 3.63) is 47.8 Å². The summed E-state index contributed by atoms with van der Waals surface area (Å²) in [4.78, 5) is 4.51. The molecule has 3 rings (SSSR count). The normalized spacial score (nSPS) is 11.4. The second-order valence-electron chi connectivity index (χ2n) is 4.98. The van der Waals surface area contributed by atoms with Gasteiger partial charge < -0.3 is 4.57 Å². The number of aromatic nitrogens is 4. The van der Waals surface area contributed by atoms with Gasteiger partial charge in [0.25, 0.3) is 0 Å². The van der Waals surface area contributed by atoms with Crippen LogP contribution < -0.4 is 0 Å². The quantitative estimate of drug-likeness (QED) is 0.679. The average Bonchev–Trinajstić information content (AvgIpc) is 3.06. The molecule has 0 N–H and O–H groups in total. The number of nitrogens with zero attached hydrogens (tertiary/aromatic N) is 4. The van der Waals surface area contributed by atoms with E-state index < -0.39 is 0 Å². The van der Waals surface area contributed by atoms with Gasteiger partial charge in [-0.25, -0.2) is 9.37 Å². The van der Waals surface area contributed by atoms with Gasteiger partial charge in [-0.05, 0) is 24.6 Å². The second-order valence-corrected chi connectivity index (χ2v) is 5.36. The Morgan fingerprint density at radius 3 is 2.86 bits per heavy atom. The van der Waals surface area contributed by atoms with E-state index in [2.05, 4.69) is 14.6 Å². The first kappa shape index (κ1) is 14.1. The van der Waals surface area contributed by atoms with Crippen molar-refractivity contribution in [2.45, 2.75) is 26.4 Å². The van der Waals surface area contributed by atoms with Gasteiger partial charge in [-0.2, -0.15) is 5.10 Å². The maximum absolute atomic E-state index is 13.7. The summed E-state index contributed by atoms with van der Waals surface area (Å²) in [5, 5.41) is 4.20. The predicted octanol–water partition coefficient (Wildman–Crippen LogP) is 3.16. The molecule has 6 heteroatoms. The Bertz CT molecular complexity index is 749. The van der Waals surface area contributed by atoms with E-state index in [4.69, 9.17) is 11.6 Å². The van der Waals surface area contributed by atoms with Crippen LogP contribution in [0.25, 0.3) is 11.0 Å². The standard InChI is InChI=1S/C15H16ClFN4/c1-11-9-14-13(10-12(11)17)19-15(3-4-16)21(14)8-7-20-6-2-5-18-20/h2,5-6,9-10H,3-4,7-8H2,1H3. The number of alkyl halides is 1. The fourth-order valence-electron chi connectivity index (χ4n) is 2.46. The van der Waals surface area contributed by atoms with Crippen molar-refractivity contribution >= 4 is 22.6 Å². The maximum Gasteiger partial charge on any atom is 0.128 e. The van der Waals surface area contributed by atoms with Crippen LogP contribution in [0.1, 0.15) is 11.4 Å². The molecule has 0 fully saturated rings. The van der Waals surface area contributed by atoms with E-state index >= 15 is 0 Å². The van der Waals surface area contributed by atoms with Gasteiger partial charge >= 0.3 is 0 Å². The van der Waals surface area contributed by atoms with Crippen LogP contribution in [0.2, 0.25) is 0 Å². The summed E-state index contributed by atoms with van der Waals surface area (Å²) in [5.41, 5.74) is 2.25. The summed E-state index contributed by atoms with van der Waals surface area (Å²) < 4.78 is 17.7. The third-order valence-corrected chi connectivity index (χ3v) is 3.73. The number of benzene rings is 1. The maximum atomic E-state index is 13.7. The summed E-state index contributed by atoms with van der Waals surface area (Å²) in [6.07, 6.45) is 4.34. The Labute approximate surface area is 127 Å². The highest BCUT2D eigenvalue weighted by atomic mass is 35.5. The topological polar surface area (TPSA) is 35.6 Å². The lowest BCUT2D eigenvalue weighted by molar-refractivity contribution is 0.529. The van der Waals surface area contributed by atoms with Crippen molar-refractivity contribution in [1.82, 2.24) is 19.3 Å². The van der Waals surface area contributed by atoms with E-state index in [0.717, 1.165) is 24.4 Å². The minimum absolute atomic E-state index is 0.225. The largest absolute Gasteiger partial charge is 0.326 e. The molecule has 4 nitrogen and oxygen atoms in total. The lowest BCUT2D eigenvalue weighted by Gasteiger charge is -2.09. The highest BCUT2D eigenvalue weighted by Crippen LogP contribution is 2.21. The van der Waals surface area contributed by atoms with Crippen LogP contribution in [0.5, 0.6) is 0 Å². The highest BCUT2D eigenvalue weighted by molar-refractivity contribution is 6.17. The Balaban J connectivity index is 2.00. The summed E-state index contributed by atoms with van der Waals surface area (Å²) in [5.74, 6) is 1.15. The molecule has 21 heavy (non-hydrogen) atoms. The van der Waals surface area contributed by atoms with Crippen LogP contribution in [0.4, 0.5) is 4.39 Å². The molecule has 110 valence electrons. The number of fused-ring (bicyclic) bond motifs is 1. The first-order valence-electron chi connectivity index (χ1n) is 6.87. The molecule has 3 aromatic rings. The molecule has 0 unspecified atom stereocenters. The van der Waals surface area contributed by atoms with E-state index in [1.54, 1.807) is 13.1 Å². The molecule has 0 saturated heterocycles. The SMILES string of the molecule is Cc1cc2c(cc1F)nc(CCCl)n2CCn1cccn1. The van der Waals surface area contributed by atoms with Crippen molar-refractivity contribution in [3.8, 4) is 0 Å². The molecular formula is C15H16ClFN4. The third-order valence-electron chi connectivity index (χ3n) is 3.54. The molecule has 0 atom stereocenters. The van der Waals surface area contributed by atoms with Gasteiger partial charge in [0.2, 0.25) is 0 Å². The van der Waals surface area contributed by atoms with Crippen LogP contribution in [-0.2, 0) is 19.5 Å². The molecule has 0 saturated carbocycles. The van der Waals surface area contributed by atoms with E-state index in [-0.39, 0.29) is 5.82 Å². The first-order chi connectivity index (χ1) is 10.2. The molecule has 2 aromatic heterocycles. The van der Waals surface area contributed by atoms with Crippen LogP contribution in [0, 0.1) is 12.7 Å². The van der Waals surface area contributed by atoms with Gasteiger partial charge in [-0.3, -0.25) is 4.68 Å². The summed E-state index contributed by atoms with van der Waals surface area (Å²) in [7, 11) is 0. The van der Waals surface area contributed by atoms with Gasteiger partial charge in [0, 0.05) is 37.3 Å². The van der Waals surface area contributed by atoms with Gasteiger partial charge in [0.05, 0.1) is 17.6 Å². The fourth-order valence-corrected chi connectivity index (χ4v) is 2.63. The smallest absolute Gasteiger partial charge is 0.128 e. The summed E-state index contributed by atoms with van der Waals surface area (Å²) >= 11 is 5.85. The Morgan fingerprint density at radius 1 is 1.29 bits per heavy atom. The molecule has 0 spiro atoms. The molecule has 1 aromatic carbocycles. The van der Waals surface area contributed by atoms with Crippen molar-refractivity contribution in [3.63, 3.8) is 0 Å². The number of rotatable bonds is 5. The summed E-state index contributed by atoms with van der Waals surface area (Å²) in [6, 6.07) is 5.23. The number of hydrogen-bond donors (Lipinski definition) is 0. The Hall–Kier alpha value is -1.88. The van der Waals surface area contributed by atoms with Crippen molar-refractivity contribution < 1.29 is 4.39 Å². The molecule has 0 aliphatic carbocycles. The number of aryl methyl sites for hydroxylation is 4. The lowest BCUT2D eigenvalue weighted by Crippen LogP contribution is -2.11. The van der Waals surface area contributed by atoms with E-state index in [1.807, 2.05) is 23.0 Å². The Morgan fingerprint density at radius 2 is 2.14 bits per heavy atom. The van der Waals surface area contributed by atoms with Crippen molar-refractivity contribution in [2.75, 3.05) is 5.88 Å². The van der Waals surface area contributed by atoms with E-state index in [1.165, 1.54) is 6.07 Å². The average molecular weight is 307 g/mol. The number of halogens is 2. The third kappa shape index (κ3) is 2.78.